The van der Waals surface area contributed by atoms with Crippen molar-refractivity contribution in [3.8, 4) is 0 Å². The summed E-state index contributed by atoms with van der Waals surface area (Å²) >= 11 is 0. The summed E-state index contributed by atoms with van der Waals surface area (Å²) in [4.78, 5) is 0. The summed E-state index contributed by atoms with van der Waals surface area (Å²) in [5.41, 5.74) is 1.15. The van der Waals surface area contributed by atoms with Crippen LogP contribution in [0.15, 0.2) is 12.2 Å². The molecular formula is C16H32O2. The van der Waals surface area contributed by atoms with Crippen LogP contribution < -0.4 is 0 Å². The van der Waals surface area contributed by atoms with E-state index in [0.717, 1.165) is 12.0 Å². The molecule has 0 N–H and O–H groups in total. The molecule has 0 radical (unpaired) electrons. The zero-order chi connectivity index (χ0) is 14.0. The van der Waals surface area contributed by atoms with E-state index in [1.54, 1.807) is 14.2 Å². The number of hydrogen-bond acceptors (Lipinski definition) is 2. The van der Waals surface area contributed by atoms with Crippen molar-refractivity contribution in [1.29, 1.82) is 0 Å². The summed E-state index contributed by atoms with van der Waals surface area (Å²) in [6, 6.07) is 0. The molecule has 2 heteroatoms. The number of unbranched alkanes of at least 4 members (excludes halogenated alkanes) is 5. The summed E-state index contributed by atoms with van der Waals surface area (Å²) in [7, 11) is 3.42. The predicted molar refractivity (Wildman–Crippen MR) is 78.7 cm³/mol. The van der Waals surface area contributed by atoms with Crippen LogP contribution in [0.25, 0.3) is 0 Å². The first-order valence-electron chi connectivity index (χ1n) is 7.27. The monoisotopic (exact) mass is 256 g/mol. The molecule has 108 valence electrons. The SMILES string of the molecule is C=C(C)C(CCCCCCCC)C(C)(OC)OC. The molecule has 0 spiro atoms. The average molecular weight is 256 g/mol. The molecule has 0 aromatic heterocycles. The molecule has 1 unspecified atom stereocenters. The van der Waals surface area contributed by atoms with E-state index in [-0.39, 0.29) is 5.92 Å². The van der Waals surface area contributed by atoms with E-state index < -0.39 is 5.79 Å². The van der Waals surface area contributed by atoms with E-state index >= 15 is 0 Å². The van der Waals surface area contributed by atoms with Gasteiger partial charge in [-0.05, 0) is 20.3 Å². The third-order valence-electron chi connectivity index (χ3n) is 3.88. The highest BCUT2D eigenvalue weighted by atomic mass is 16.7. The largest absolute Gasteiger partial charge is 0.353 e. The number of methoxy groups -OCH3 is 2. The molecule has 0 aliphatic rings. The zero-order valence-electron chi connectivity index (χ0n) is 13.1. The minimum Gasteiger partial charge on any atom is -0.353 e. The van der Waals surface area contributed by atoms with Gasteiger partial charge in [-0.25, -0.2) is 0 Å². The Balaban J connectivity index is 4.10. The van der Waals surface area contributed by atoms with E-state index in [4.69, 9.17) is 9.47 Å². The van der Waals surface area contributed by atoms with Crippen LogP contribution in [0.5, 0.6) is 0 Å². The van der Waals surface area contributed by atoms with Gasteiger partial charge in [0.1, 0.15) is 0 Å². The zero-order valence-corrected chi connectivity index (χ0v) is 13.1. The van der Waals surface area contributed by atoms with Crippen LogP contribution in [0.1, 0.15) is 65.7 Å². The minimum atomic E-state index is -0.532. The molecule has 0 bridgehead atoms. The van der Waals surface area contributed by atoms with Gasteiger partial charge in [-0.1, -0.05) is 57.6 Å². The highest BCUT2D eigenvalue weighted by Gasteiger charge is 2.34. The highest BCUT2D eigenvalue weighted by Crippen LogP contribution is 2.32. The van der Waals surface area contributed by atoms with Crippen molar-refractivity contribution in [2.24, 2.45) is 5.92 Å². The fraction of sp³-hybridized carbons (Fsp3) is 0.875. The molecule has 0 rings (SSSR count). The highest BCUT2D eigenvalue weighted by molar-refractivity contribution is 5.01. The second kappa shape index (κ2) is 9.57. The lowest BCUT2D eigenvalue weighted by molar-refractivity contribution is -0.220. The quantitative estimate of drug-likeness (QED) is 0.296. The Morgan fingerprint density at radius 3 is 2.00 bits per heavy atom. The van der Waals surface area contributed by atoms with Gasteiger partial charge in [0.2, 0.25) is 0 Å². The average Bonchev–Trinajstić information content (AvgIpc) is 2.36. The Hall–Kier alpha value is -0.340. The number of ether oxygens (including phenoxy) is 2. The molecule has 0 saturated heterocycles. The maximum Gasteiger partial charge on any atom is 0.171 e. The first kappa shape index (κ1) is 17.7. The van der Waals surface area contributed by atoms with Crippen LogP contribution in [-0.4, -0.2) is 20.0 Å². The Morgan fingerprint density at radius 2 is 1.56 bits per heavy atom. The normalized spacial score (nSPS) is 13.6. The van der Waals surface area contributed by atoms with Crippen LogP contribution in [-0.2, 0) is 9.47 Å². The molecule has 0 amide bonds. The number of rotatable bonds is 11. The van der Waals surface area contributed by atoms with Gasteiger partial charge in [0.15, 0.2) is 5.79 Å². The molecule has 0 aromatic carbocycles. The summed E-state index contributed by atoms with van der Waals surface area (Å²) in [5.74, 6) is -0.256. The van der Waals surface area contributed by atoms with Gasteiger partial charge >= 0.3 is 0 Å². The summed E-state index contributed by atoms with van der Waals surface area (Å²) in [5, 5.41) is 0. The lowest BCUT2D eigenvalue weighted by Gasteiger charge is -2.35. The Kier molecular flexibility index (Phi) is 9.39. The van der Waals surface area contributed by atoms with E-state index in [0.29, 0.717) is 0 Å². The number of hydrogen-bond donors (Lipinski definition) is 0. The molecule has 0 aliphatic heterocycles. The molecule has 0 aromatic rings. The fourth-order valence-corrected chi connectivity index (χ4v) is 2.45. The summed E-state index contributed by atoms with van der Waals surface area (Å²) in [6.45, 7) is 10.4. The van der Waals surface area contributed by atoms with Crippen molar-refractivity contribution >= 4 is 0 Å². The fourth-order valence-electron chi connectivity index (χ4n) is 2.45. The molecule has 0 fully saturated rings. The molecule has 0 saturated carbocycles. The Morgan fingerprint density at radius 1 is 1.06 bits per heavy atom. The van der Waals surface area contributed by atoms with Crippen molar-refractivity contribution in [3.63, 3.8) is 0 Å². The smallest absolute Gasteiger partial charge is 0.171 e. The van der Waals surface area contributed by atoms with Gasteiger partial charge < -0.3 is 9.47 Å². The van der Waals surface area contributed by atoms with E-state index in [9.17, 15) is 0 Å². The lowest BCUT2D eigenvalue weighted by atomic mass is 9.87. The Labute approximate surface area is 114 Å². The van der Waals surface area contributed by atoms with Gasteiger partial charge in [-0.3, -0.25) is 0 Å². The van der Waals surface area contributed by atoms with Gasteiger partial charge in [0.05, 0.1) is 0 Å². The first-order valence-corrected chi connectivity index (χ1v) is 7.27. The molecule has 0 heterocycles. The Bertz CT molecular complexity index is 219. The molecular weight excluding hydrogens is 224 g/mol. The van der Waals surface area contributed by atoms with Crippen molar-refractivity contribution in [1.82, 2.24) is 0 Å². The van der Waals surface area contributed by atoms with Gasteiger partial charge in [-0.15, -0.1) is 0 Å². The standard InChI is InChI=1S/C16H32O2/c1-7-8-9-10-11-12-13-15(14(2)3)16(4,17-5)18-6/h15H,2,7-13H2,1,3-6H3. The topological polar surface area (TPSA) is 18.5 Å². The maximum atomic E-state index is 5.52. The molecule has 0 aliphatic carbocycles. The van der Waals surface area contributed by atoms with Crippen LogP contribution in [0.2, 0.25) is 0 Å². The van der Waals surface area contributed by atoms with Crippen molar-refractivity contribution in [2.75, 3.05) is 14.2 Å². The van der Waals surface area contributed by atoms with E-state index in [1.165, 1.54) is 38.5 Å². The minimum absolute atomic E-state index is 0.277. The van der Waals surface area contributed by atoms with Gasteiger partial charge in [0, 0.05) is 20.1 Å². The van der Waals surface area contributed by atoms with Gasteiger partial charge in [-0.2, -0.15) is 0 Å². The predicted octanol–water partition coefficient (Wildman–Crippen LogP) is 4.94. The maximum absolute atomic E-state index is 5.52. The van der Waals surface area contributed by atoms with Crippen LogP contribution in [0.3, 0.4) is 0 Å². The lowest BCUT2D eigenvalue weighted by Crippen LogP contribution is -2.39. The molecule has 2 nitrogen and oxygen atoms in total. The van der Waals surface area contributed by atoms with E-state index in [1.807, 2.05) is 6.92 Å². The van der Waals surface area contributed by atoms with Crippen molar-refractivity contribution in [3.05, 3.63) is 12.2 Å². The second-order valence-corrected chi connectivity index (χ2v) is 5.38. The van der Waals surface area contributed by atoms with Crippen LogP contribution >= 0.6 is 0 Å². The van der Waals surface area contributed by atoms with Crippen molar-refractivity contribution < 1.29 is 9.47 Å². The third kappa shape index (κ3) is 6.01. The first-order chi connectivity index (χ1) is 8.51. The van der Waals surface area contributed by atoms with Crippen LogP contribution in [0, 0.1) is 5.92 Å². The molecule has 18 heavy (non-hydrogen) atoms. The second-order valence-electron chi connectivity index (χ2n) is 5.38. The van der Waals surface area contributed by atoms with E-state index in [2.05, 4.69) is 20.4 Å². The van der Waals surface area contributed by atoms with Crippen molar-refractivity contribution in [2.45, 2.75) is 71.5 Å². The van der Waals surface area contributed by atoms with Crippen LogP contribution in [0.4, 0.5) is 0 Å². The molecule has 1 atom stereocenters. The summed E-state index contributed by atoms with van der Waals surface area (Å²) < 4.78 is 11.0. The third-order valence-corrected chi connectivity index (χ3v) is 3.88. The van der Waals surface area contributed by atoms with Gasteiger partial charge in [0.25, 0.3) is 0 Å². The summed E-state index contributed by atoms with van der Waals surface area (Å²) in [6.07, 6.45) is 8.99.